The summed E-state index contributed by atoms with van der Waals surface area (Å²) in [5.74, 6) is 0.388. The fourth-order valence-electron chi connectivity index (χ4n) is 7.65. The maximum absolute atomic E-state index is 13.6. The highest BCUT2D eigenvalue weighted by molar-refractivity contribution is 9.10. The summed E-state index contributed by atoms with van der Waals surface area (Å²) in [4.78, 5) is 9.93. The van der Waals surface area contributed by atoms with Crippen LogP contribution in [0, 0.1) is 25.5 Å². The summed E-state index contributed by atoms with van der Waals surface area (Å²) in [7, 11) is 0. The van der Waals surface area contributed by atoms with Crippen molar-refractivity contribution < 1.29 is 38.4 Å². The molecule has 4 heterocycles. The van der Waals surface area contributed by atoms with E-state index in [1.54, 1.807) is 85.0 Å². The number of oxazole rings is 1. The lowest BCUT2D eigenvalue weighted by Crippen LogP contribution is -2.06. The molecule has 1 aliphatic rings. The normalized spacial score (nSPS) is 11.5. The van der Waals surface area contributed by atoms with E-state index in [-0.39, 0.29) is 23.1 Å². The molecule has 0 bridgehead atoms. The number of phenolic OH excluding ortho intramolecular Hbond substituents is 4. The van der Waals surface area contributed by atoms with Gasteiger partial charge in [0.1, 0.15) is 40.9 Å². The molecule has 0 aliphatic carbocycles. The fourth-order valence-corrected chi connectivity index (χ4v) is 8.96. The minimum Gasteiger partial charge on any atom is -0.508 e. The maximum atomic E-state index is 13.6. The molecular weight excluding hydrogens is 911 g/mol. The van der Waals surface area contributed by atoms with Gasteiger partial charge in [0.15, 0.2) is 17.1 Å². The highest BCUT2D eigenvalue weighted by Crippen LogP contribution is 2.49. The van der Waals surface area contributed by atoms with Gasteiger partial charge in [0.2, 0.25) is 5.89 Å². The molecule has 322 valence electrons. The van der Waals surface area contributed by atoms with E-state index >= 15 is 0 Å². The second kappa shape index (κ2) is 17.6. The molecule has 0 radical (unpaired) electrons. The van der Waals surface area contributed by atoms with Gasteiger partial charge in [-0.15, -0.1) is 11.3 Å². The van der Waals surface area contributed by atoms with Gasteiger partial charge < -0.3 is 29.6 Å². The van der Waals surface area contributed by atoms with Crippen molar-refractivity contribution in [1.29, 1.82) is 0 Å². The van der Waals surface area contributed by atoms with Gasteiger partial charge in [-0.1, -0.05) is 70.5 Å². The van der Waals surface area contributed by atoms with Crippen LogP contribution >= 0.6 is 27.3 Å². The van der Waals surface area contributed by atoms with E-state index in [2.05, 4.69) is 81.2 Å². The minimum absolute atomic E-state index is 0.0855. The van der Waals surface area contributed by atoms with Gasteiger partial charge in [-0.3, -0.25) is 0 Å². The van der Waals surface area contributed by atoms with Gasteiger partial charge in [-0.25, -0.2) is 18.7 Å². The number of hydrogen-bond donors (Lipinski definition) is 4. The standard InChI is InChI=1S/C22H16O2S.C16H12FNO2.C15H9BrFNO2/c1-13-4-5-14-11-19-17-7-6-16(23)10-15(17)12-24-22(19)21(18(14)9-13)20-3-2-8-25-20;1-3-10-6-12(19)8-14-15(10)20-16(18-14)11-5-4-9(2)13(17)7-11;16-11-7-14(8-1-4-15(20)12(17)5-8)18-13-3-2-9(19)6-10(11)13/h2-11,23H,12H2,1H3;3-8,19H,1H2,2H3;1-7,19-20H. The SMILES string of the molecule is C=Cc1cc(O)cc2nc(-c3ccc(C)c(F)c3)oc12.Cc1ccc2cc3c(c(-c4cccs4)c2c1)OCc1cc(O)ccc1-3.Oc1ccc2nc(-c3ccc(O)c(F)c3)cc(Br)c2c1. The molecular formula is C53H37BrF2N2O6S. The second-order valence-electron chi connectivity index (χ2n) is 15.4. The molecule has 0 saturated carbocycles. The number of thiophene rings is 1. The highest BCUT2D eigenvalue weighted by Gasteiger charge is 2.24. The Kier molecular flexibility index (Phi) is 11.5. The van der Waals surface area contributed by atoms with E-state index in [1.807, 2.05) is 6.07 Å². The van der Waals surface area contributed by atoms with Gasteiger partial charge in [-0.2, -0.15) is 0 Å². The van der Waals surface area contributed by atoms with Crippen LogP contribution in [0.4, 0.5) is 8.78 Å². The zero-order valence-electron chi connectivity index (χ0n) is 34.7. The average Bonchev–Trinajstić information content (AvgIpc) is 3.99. The van der Waals surface area contributed by atoms with Crippen LogP contribution in [0.25, 0.3) is 83.1 Å². The summed E-state index contributed by atoms with van der Waals surface area (Å²) < 4.78 is 39.6. The molecule has 12 heteroatoms. The quantitative estimate of drug-likeness (QED) is 0.137. The Morgan fingerprint density at radius 2 is 1.49 bits per heavy atom. The number of phenols is 4. The minimum atomic E-state index is -0.689. The Labute approximate surface area is 383 Å². The third kappa shape index (κ3) is 8.61. The Balaban J connectivity index is 0.000000124. The first kappa shape index (κ1) is 42.7. The van der Waals surface area contributed by atoms with Crippen LogP contribution < -0.4 is 4.74 Å². The molecule has 0 saturated heterocycles. The first-order chi connectivity index (χ1) is 31.3. The van der Waals surface area contributed by atoms with E-state index in [9.17, 15) is 29.2 Å². The van der Waals surface area contributed by atoms with E-state index < -0.39 is 11.6 Å². The summed E-state index contributed by atoms with van der Waals surface area (Å²) in [5.41, 5.74) is 10.3. The third-order valence-electron chi connectivity index (χ3n) is 10.9. The average molecular weight is 948 g/mol. The topological polar surface area (TPSA) is 129 Å². The molecule has 11 rings (SSSR count). The lowest BCUT2D eigenvalue weighted by molar-refractivity contribution is 0.303. The number of pyridine rings is 1. The monoisotopic (exact) mass is 946 g/mol. The van der Waals surface area contributed by atoms with E-state index in [4.69, 9.17) is 9.15 Å². The van der Waals surface area contributed by atoms with Crippen molar-refractivity contribution >= 4 is 66.1 Å². The predicted molar refractivity (Wildman–Crippen MR) is 257 cm³/mol. The Morgan fingerprint density at radius 3 is 2.26 bits per heavy atom. The largest absolute Gasteiger partial charge is 0.508 e. The van der Waals surface area contributed by atoms with Crippen LogP contribution in [-0.4, -0.2) is 30.4 Å². The van der Waals surface area contributed by atoms with Crippen LogP contribution in [0.15, 0.2) is 148 Å². The third-order valence-corrected chi connectivity index (χ3v) is 12.4. The number of ether oxygens (including phenoxy) is 1. The number of hydrogen-bond acceptors (Lipinski definition) is 9. The summed E-state index contributed by atoms with van der Waals surface area (Å²) in [6.45, 7) is 7.96. The molecule has 7 aromatic carbocycles. The first-order valence-corrected chi connectivity index (χ1v) is 21.9. The molecule has 65 heavy (non-hydrogen) atoms. The Bertz CT molecular complexity index is 3480. The van der Waals surface area contributed by atoms with Crippen LogP contribution in [0.1, 0.15) is 22.3 Å². The fraction of sp³-hybridized carbons (Fsp3) is 0.0566. The number of nitrogens with zero attached hydrogens (tertiary/aromatic N) is 2. The van der Waals surface area contributed by atoms with Gasteiger partial charge in [0.25, 0.3) is 0 Å². The number of aromatic hydroxyl groups is 4. The van der Waals surface area contributed by atoms with Crippen LogP contribution in [0.2, 0.25) is 0 Å². The van der Waals surface area contributed by atoms with E-state index in [0.717, 1.165) is 32.3 Å². The molecule has 0 amide bonds. The second-order valence-corrected chi connectivity index (χ2v) is 17.2. The molecule has 0 fully saturated rings. The molecule has 8 nitrogen and oxygen atoms in total. The van der Waals surface area contributed by atoms with E-state index in [1.165, 1.54) is 51.0 Å². The zero-order chi connectivity index (χ0) is 45.5. The van der Waals surface area contributed by atoms with Crippen molar-refractivity contribution in [2.75, 3.05) is 0 Å². The number of rotatable bonds is 4. The highest BCUT2D eigenvalue weighted by atomic mass is 79.9. The van der Waals surface area contributed by atoms with Gasteiger partial charge >= 0.3 is 0 Å². The lowest BCUT2D eigenvalue weighted by atomic mass is 9.90. The molecule has 0 unspecified atom stereocenters. The van der Waals surface area contributed by atoms with Crippen molar-refractivity contribution in [1.82, 2.24) is 9.97 Å². The van der Waals surface area contributed by atoms with Crippen molar-refractivity contribution in [3.63, 3.8) is 0 Å². The summed E-state index contributed by atoms with van der Waals surface area (Å²) >= 11 is 5.15. The van der Waals surface area contributed by atoms with Crippen molar-refractivity contribution in [2.45, 2.75) is 20.5 Å². The Hall–Kier alpha value is -7.54. The van der Waals surface area contributed by atoms with Crippen molar-refractivity contribution in [3.8, 4) is 73.0 Å². The van der Waals surface area contributed by atoms with Gasteiger partial charge in [0, 0.05) is 54.2 Å². The van der Waals surface area contributed by atoms with E-state index in [0.29, 0.717) is 57.1 Å². The molecule has 0 spiro atoms. The summed E-state index contributed by atoms with van der Waals surface area (Å²) in [6.07, 6.45) is 1.58. The van der Waals surface area contributed by atoms with Crippen LogP contribution in [0.3, 0.4) is 0 Å². The molecule has 0 atom stereocenters. The summed E-state index contributed by atoms with van der Waals surface area (Å²) in [5, 5.41) is 43.4. The zero-order valence-corrected chi connectivity index (χ0v) is 37.1. The predicted octanol–water partition coefficient (Wildman–Crippen LogP) is 14.6. The number of aromatic nitrogens is 2. The van der Waals surface area contributed by atoms with Crippen molar-refractivity contribution in [3.05, 3.63) is 178 Å². The lowest BCUT2D eigenvalue weighted by Gasteiger charge is -2.24. The van der Waals surface area contributed by atoms with Crippen molar-refractivity contribution in [2.24, 2.45) is 0 Å². The van der Waals surface area contributed by atoms with Gasteiger partial charge in [0.05, 0.1) is 11.2 Å². The van der Waals surface area contributed by atoms with Crippen LogP contribution in [0.5, 0.6) is 28.7 Å². The van der Waals surface area contributed by atoms with Gasteiger partial charge in [-0.05, 0) is 126 Å². The smallest absolute Gasteiger partial charge is 0.227 e. The van der Waals surface area contributed by atoms with Crippen LogP contribution in [-0.2, 0) is 6.61 Å². The number of benzene rings is 7. The molecule has 10 aromatic rings. The molecule has 4 N–H and O–H groups in total. The molecule has 1 aliphatic heterocycles. The summed E-state index contributed by atoms with van der Waals surface area (Å²) in [6, 6.07) is 37.1. The number of halogens is 3. The first-order valence-electron chi connectivity index (χ1n) is 20.2. The maximum Gasteiger partial charge on any atom is 0.227 e. The number of aryl methyl sites for hydroxylation is 2. The Morgan fingerprint density at radius 1 is 0.708 bits per heavy atom. The molecule has 3 aromatic heterocycles. The number of fused-ring (bicyclic) bond motifs is 6.